The lowest BCUT2D eigenvalue weighted by Gasteiger charge is -2.14. The van der Waals surface area contributed by atoms with Crippen molar-refractivity contribution in [1.29, 1.82) is 0 Å². The van der Waals surface area contributed by atoms with E-state index in [1.165, 1.54) is 0 Å². The van der Waals surface area contributed by atoms with Crippen molar-refractivity contribution in [2.75, 3.05) is 14.2 Å². The summed E-state index contributed by atoms with van der Waals surface area (Å²) in [5, 5.41) is 22.0. The normalized spacial score (nSPS) is 13.4. The van der Waals surface area contributed by atoms with Crippen molar-refractivity contribution in [1.82, 2.24) is 0 Å². The average Bonchev–Trinajstić information content (AvgIpc) is 1.94. The maximum atomic E-state index is 8.86. The van der Waals surface area contributed by atoms with Gasteiger partial charge < -0.3 is 21.1 Å². The summed E-state index contributed by atoms with van der Waals surface area (Å²) in [5.74, 6) is 0. The molecule has 11 heavy (non-hydrogen) atoms. The van der Waals surface area contributed by atoms with E-state index in [4.69, 9.17) is 21.1 Å². The average molecular weight is 183 g/mol. The molecule has 0 bridgehead atoms. The third kappa shape index (κ3) is 39.7. The molecule has 0 aromatic heterocycles. The Hall–Kier alpha value is 0.0569. The van der Waals surface area contributed by atoms with Crippen molar-refractivity contribution in [2.45, 2.75) is 25.1 Å². The van der Waals surface area contributed by atoms with Gasteiger partial charge in [0.05, 0.1) is 15.6 Å². The van der Waals surface area contributed by atoms with Gasteiger partial charge in [-0.25, -0.2) is 0 Å². The summed E-state index contributed by atoms with van der Waals surface area (Å²) in [7, 11) is 2.67. The molecule has 0 aliphatic carbocycles. The Bertz CT molecular complexity index is 56.3. The minimum Gasteiger partial charge on any atom is -0.400 e. The van der Waals surface area contributed by atoms with Crippen LogP contribution in [0.25, 0.3) is 0 Å². The van der Waals surface area contributed by atoms with Crippen molar-refractivity contribution in [3.05, 3.63) is 0 Å². The zero-order valence-electron chi connectivity index (χ0n) is 7.83. The highest BCUT2D eigenvalue weighted by molar-refractivity contribution is 6.13. The van der Waals surface area contributed by atoms with E-state index in [0.717, 1.165) is 27.1 Å². The predicted molar refractivity (Wildman–Crippen MR) is 50.3 cm³/mol. The molecule has 0 spiro atoms. The summed E-state index contributed by atoms with van der Waals surface area (Å²) in [6.45, 7) is 2.01. The van der Waals surface area contributed by atoms with Crippen LogP contribution in [0.3, 0.4) is 0 Å². The van der Waals surface area contributed by atoms with E-state index in [9.17, 15) is 0 Å². The minimum atomic E-state index is -0.811. The molecule has 1 unspecified atom stereocenters. The van der Waals surface area contributed by atoms with E-state index < -0.39 is 5.35 Å². The summed E-state index contributed by atoms with van der Waals surface area (Å²) in [4.78, 5) is 0. The molecule has 0 aromatic rings. The maximum absolute atomic E-state index is 8.86. The van der Waals surface area contributed by atoms with Gasteiger partial charge in [-0.15, -0.1) is 0 Å². The van der Waals surface area contributed by atoms with Crippen LogP contribution in [0.5, 0.6) is 0 Å². The molecule has 0 heterocycles. The Kier molecular flexibility index (Phi) is 19.9. The number of hydrogen-bond donors (Lipinski definition) is 4. The highest BCUT2D eigenvalue weighted by atomic mass is 28.1. The third-order valence-electron chi connectivity index (χ3n) is 0.756. The monoisotopic (exact) mass is 183 g/mol. The van der Waals surface area contributed by atoms with Crippen molar-refractivity contribution in [3.63, 3.8) is 0 Å². The van der Waals surface area contributed by atoms with Crippen LogP contribution >= 0.6 is 0 Å². The first-order chi connectivity index (χ1) is 5.06. The first kappa shape index (κ1) is 17.2. The molecular weight excluding hydrogens is 162 g/mol. The molecule has 72 valence electrons. The van der Waals surface area contributed by atoms with Gasteiger partial charge in [0.25, 0.3) is 0 Å². The lowest BCUT2D eigenvalue weighted by Crippen LogP contribution is -2.39. The van der Waals surface area contributed by atoms with Gasteiger partial charge in [-0.1, -0.05) is 13.3 Å². The van der Waals surface area contributed by atoms with E-state index in [1.807, 2.05) is 6.92 Å². The molecule has 0 saturated carbocycles. The Labute approximate surface area is 71.5 Å². The van der Waals surface area contributed by atoms with E-state index in [2.05, 4.69) is 0 Å². The predicted octanol–water partition coefficient (Wildman–Crippen LogP) is -2.03. The van der Waals surface area contributed by atoms with Gasteiger partial charge in [-0.2, -0.15) is 0 Å². The zero-order valence-corrected chi connectivity index (χ0v) is 9.83. The molecule has 0 aliphatic rings. The van der Waals surface area contributed by atoms with Crippen molar-refractivity contribution < 1.29 is 15.3 Å². The number of rotatable bonds is 2. The van der Waals surface area contributed by atoms with Gasteiger partial charge in [0.1, 0.15) is 0 Å². The maximum Gasteiger partial charge on any atom is 0.0890 e. The highest BCUT2D eigenvalue weighted by Crippen LogP contribution is 1.97. The molecule has 5 N–H and O–H groups in total. The van der Waals surface area contributed by atoms with Gasteiger partial charge in [-0.05, 0) is 6.42 Å². The molecule has 0 aliphatic heterocycles. The first-order valence-electron chi connectivity index (χ1n) is 3.47. The molecule has 0 aromatic carbocycles. The zero-order chi connectivity index (χ0) is 9.91. The van der Waals surface area contributed by atoms with E-state index in [-0.39, 0.29) is 0 Å². The molecule has 0 saturated heterocycles. The minimum absolute atomic E-state index is 0.671. The second-order valence-electron chi connectivity index (χ2n) is 2.11. The number of hydrogen-bond acceptors (Lipinski definition) is 4. The SMILES string of the molecule is CCCC(N)(O)[SiH3].CO.CO. The van der Waals surface area contributed by atoms with E-state index in [0.29, 0.717) is 10.2 Å². The Morgan fingerprint density at radius 2 is 1.55 bits per heavy atom. The van der Waals surface area contributed by atoms with E-state index >= 15 is 0 Å². The number of nitrogens with two attached hydrogens (primary N) is 1. The van der Waals surface area contributed by atoms with Crippen LogP contribution in [0.2, 0.25) is 0 Å². The highest BCUT2D eigenvalue weighted by Gasteiger charge is 2.08. The lowest BCUT2D eigenvalue weighted by molar-refractivity contribution is 0.124. The third-order valence-corrected chi connectivity index (χ3v) is 1.26. The van der Waals surface area contributed by atoms with Crippen LogP contribution in [0.4, 0.5) is 0 Å². The molecule has 0 rings (SSSR count). The van der Waals surface area contributed by atoms with Crippen molar-refractivity contribution >= 4 is 10.2 Å². The van der Waals surface area contributed by atoms with E-state index in [1.54, 1.807) is 0 Å². The lowest BCUT2D eigenvalue weighted by atomic mass is 10.3. The first-order valence-corrected chi connectivity index (χ1v) is 4.47. The van der Waals surface area contributed by atoms with Crippen LogP contribution in [-0.2, 0) is 0 Å². The Balaban J connectivity index is -0.000000138. The summed E-state index contributed by atoms with van der Waals surface area (Å²) >= 11 is 0. The van der Waals surface area contributed by atoms with Gasteiger partial charge in [0.15, 0.2) is 0 Å². The van der Waals surface area contributed by atoms with Gasteiger partial charge >= 0.3 is 0 Å². The molecule has 1 atom stereocenters. The summed E-state index contributed by atoms with van der Waals surface area (Å²) in [5.41, 5.74) is 5.26. The molecule has 5 heteroatoms. The topological polar surface area (TPSA) is 86.7 Å². The van der Waals surface area contributed by atoms with Gasteiger partial charge in [-0.3, -0.25) is 0 Å². The van der Waals surface area contributed by atoms with Crippen LogP contribution in [0.1, 0.15) is 19.8 Å². The van der Waals surface area contributed by atoms with Crippen LogP contribution < -0.4 is 5.73 Å². The molecule has 4 nitrogen and oxygen atoms in total. The second kappa shape index (κ2) is 12.7. The Morgan fingerprint density at radius 1 is 1.27 bits per heavy atom. The van der Waals surface area contributed by atoms with Crippen LogP contribution in [0, 0.1) is 0 Å². The summed E-state index contributed by atoms with van der Waals surface area (Å²) in [6.07, 6.45) is 1.70. The van der Waals surface area contributed by atoms with Crippen molar-refractivity contribution in [3.8, 4) is 0 Å². The van der Waals surface area contributed by atoms with Crippen LogP contribution in [0.15, 0.2) is 0 Å². The Morgan fingerprint density at radius 3 is 1.55 bits per heavy atom. The number of aliphatic hydroxyl groups excluding tert-OH is 2. The smallest absolute Gasteiger partial charge is 0.0890 e. The van der Waals surface area contributed by atoms with Gasteiger partial charge in [0.2, 0.25) is 0 Å². The summed E-state index contributed by atoms with van der Waals surface area (Å²) < 4.78 is 0. The molecule has 0 radical (unpaired) electrons. The number of aliphatic hydroxyl groups is 3. The fourth-order valence-corrected chi connectivity index (χ4v) is 1.01. The molecule has 0 amide bonds. The fourth-order valence-electron chi connectivity index (χ4n) is 0.506. The summed E-state index contributed by atoms with van der Waals surface area (Å²) in [6, 6.07) is 0. The fraction of sp³-hybridized carbons (Fsp3) is 1.00. The second-order valence-corrected chi connectivity index (χ2v) is 3.84. The molecule has 0 fully saturated rings. The standard InChI is InChI=1S/C4H13NOSi.2CH4O/c1-2-3-4(5,6)7;2*1-2/h6H,2-3,5H2,1,7H3;2*2H,1H3. The molecular formula is C6H21NO3Si. The largest absolute Gasteiger partial charge is 0.400 e. The quantitative estimate of drug-likeness (QED) is 0.294. The van der Waals surface area contributed by atoms with Crippen molar-refractivity contribution in [2.24, 2.45) is 5.73 Å². The van der Waals surface area contributed by atoms with Gasteiger partial charge in [0, 0.05) is 14.2 Å². The van der Waals surface area contributed by atoms with Crippen LogP contribution in [-0.4, -0.2) is 45.1 Å².